The van der Waals surface area contributed by atoms with Crippen molar-refractivity contribution < 1.29 is 4.79 Å². The van der Waals surface area contributed by atoms with Gasteiger partial charge < -0.3 is 10.6 Å². The van der Waals surface area contributed by atoms with Gasteiger partial charge in [-0.15, -0.1) is 0 Å². The molecule has 2 aromatic carbocycles. The SMILES string of the molecule is CC[C@@H](NC(=O)Nc1ccc(Cl)cc1Cl)c1ccc(Cl)cc1. The summed E-state index contributed by atoms with van der Waals surface area (Å²) in [5, 5.41) is 7.20. The average Bonchev–Trinajstić information content (AvgIpc) is 2.49. The summed E-state index contributed by atoms with van der Waals surface area (Å²) in [6.45, 7) is 1.99. The Morgan fingerprint density at radius 2 is 1.68 bits per heavy atom. The van der Waals surface area contributed by atoms with Crippen LogP contribution in [0.5, 0.6) is 0 Å². The van der Waals surface area contributed by atoms with Gasteiger partial charge >= 0.3 is 6.03 Å². The minimum absolute atomic E-state index is 0.108. The van der Waals surface area contributed by atoms with Crippen molar-refractivity contribution in [3.63, 3.8) is 0 Å². The molecule has 0 saturated carbocycles. The van der Waals surface area contributed by atoms with E-state index >= 15 is 0 Å². The van der Waals surface area contributed by atoms with E-state index in [9.17, 15) is 4.79 Å². The fourth-order valence-electron chi connectivity index (χ4n) is 2.02. The fraction of sp³-hybridized carbons (Fsp3) is 0.188. The molecule has 0 bridgehead atoms. The van der Waals surface area contributed by atoms with Crippen LogP contribution in [0.25, 0.3) is 0 Å². The summed E-state index contributed by atoms with van der Waals surface area (Å²) in [6, 6.07) is 11.9. The topological polar surface area (TPSA) is 41.1 Å². The Morgan fingerprint density at radius 1 is 1.05 bits per heavy atom. The summed E-state index contributed by atoms with van der Waals surface area (Å²) < 4.78 is 0. The summed E-state index contributed by atoms with van der Waals surface area (Å²) in [7, 11) is 0. The lowest BCUT2D eigenvalue weighted by Crippen LogP contribution is -2.32. The highest BCUT2D eigenvalue weighted by molar-refractivity contribution is 6.36. The maximum atomic E-state index is 12.1. The van der Waals surface area contributed by atoms with Crippen molar-refractivity contribution in [1.29, 1.82) is 0 Å². The minimum Gasteiger partial charge on any atom is -0.331 e. The van der Waals surface area contributed by atoms with E-state index in [1.54, 1.807) is 30.3 Å². The molecule has 0 heterocycles. The molecule has 0 aliphatic carbocycles. The number of benzene rings is 2. The molecule has 0 fully saturated rings. The Balaban J connectivity index is 2.04. The molecule has 1 atom stereocenters. The van der Waals surface area contributed by atoms with Crippen LogP contribution in [0.4, 0.5) is 10.5 Å². The van der Waals surface area contributed by atoms with Crippen LogP contribution in [0.15, 0.2) is 42.5 Å². The van der Waals surface area contributed by atoms with Gasteiger partial charge in [-0.2, -0.15) is 0 Å². The molecule has 0 spiro atoms. The highest BCUT2D eigenvalue weighted by Crippen LogP contribution is 2.25. The maximum Gasteiger partial charge on any atom is 0.319 e. The van der Waals surface area contributed by atoms with Gasteiger partial charge in [-0.25, -0.2) is 4.79 Å². The second kappa shape index (κ2) is 7.73. The molecule has 2 aromatic rings. The fourth-order valence-corrected chi connectivity index (χ4v) is 2.61. The second-order valence-corrected chi connectivity index (χ2v) is 6.02. The summed E-state index contributed by atoms with van der Waals surface area (Å²) >= 11 is 17.7. The van der Waals surface area contributed by atoms with Gasteiger partial charge in [0, 0.05) is 10.0 Å². The predicted molar refractivity (Wildman–Crippen MR) is 93.1 cm³/mol. The summed E-state index contributed by atoms with van der Waals surface area (Å²) in [5.41, 5.74) is 1.50. The molecule has 0 radical (unpaired) electrons. The smallest absolute Gasteiger partial charge is 0.319 e. The van der Waals surface area contributed by atoms with Gasteiger partial charge in [0.1, 0.15) is 0 Å². The van der Waals surface area contributed by atoms with Gasteiger partial charge in [0.2, 0.25) is 0 Å². The molecule has 22 heavy (non-hydrogen) atoms. The number of hydrogen-bond acceptors (Lipinski definition) is 1. The van der Waals surface area contributed by atoms with Crippen molar-refractivity contribution >= 4 is 46.5 Å². The number of amides is 2. The first-order valence-electron chi connectivity index (χ1n) is 6.77. The third-order valence-electron chi connectivity index (χ3n) is 3.17. The zero-order chi connectivity index (χ0) is 16.1. The number of urea groups is 1. The predicted octanol–water partition coefficient (Wildman–Crippen LogP) is 5.92. The van der Waals surface area contributed by atoms with Crippen molar-refractivity contribution in [2.24, 2.45) is 0 Å². The van der Waals surface area contributed by atoms with Crippen LogP contribution >= 0.6 is 34.8 Å². The number of rotatable bonds is 4. The van der Waals surface area contributed by atoms with Crippen LogP contribution < -0.4 is 10.6 Å². The van der Waals surface area contributed by atoms with Gasteiger partial charge in [-0.05, 0) is 42.3 Å². The van der Waals surface area contributed by atoms with Crippen LogP contribution in [-0.4, -0.2) is 6.03 Å². The zero-order valence-corrected chi connectivity index (χ0v) is 14.1. The molecule has 116 valence electrons. The molecule has 0 saturated heterocycles. The number of halogens is 3. The zero-order valence-electron chi connectivity index (χ0n) is 11.9. The Morgan fingerprint density at radius 3 is 2.27 bits per heavy atom. The van der Waals surface area contributed by atoms with E-state index in [0.29, 0.717) is 20.8 Å². The number of anilines is 1. The summed E-state index contributed by atoms with van der Waals surface area (Å²) in [6.07, 6.45) is 0.753. The molecule has 0 unspecified atom stereocenters. The van der Waals surface area contributed by atoms with Crippen molar-refractivity contribution in [3.8, 4) is 0 Å². The van der Waals surface area contributed by atoms with Crippen molar-refractivity contribution in [3.05, 3.63) is 63.1 Å². The number of nitrogens with one attached hydrogen (secondary N) is 2. The van der Waals surface area contributed by atoms with Crippen LogP contribution in [0.1, 0.15) is 24.9 Å². The van der Waals surface area contributed by atoms with E-state index < -0.39 is 0 Å². The third-order valence-corrected chi connectivity index (χ3v) is 3.97. The molecule has 3 nitrogen and oxygen atoms in total. The number of carbonyl (C=O) groups excluding carboxylic acids is 1. The molecule has 6 heteroatoms. The van der Waals surface area contributed by atoms with Crippen LogP contribution in [0.3, 0.4) is 0 Å². The summed E-state index contributed by atoms with van der Waals surface area (Å²) in [5.74, 6) is 0. The first-order valence-corrected chi connectivity index (χ1v) is 7.91. The Kier molecular flexibility index (Phi) is 5.95. The molecule has 0 aliphatic rings. The number of carbonyl (C=O) groups is 1. The third kappa shape index (κ3) is 4.54. The van der Waals surface area contributed by atoms with E-state index in [2.05, 4.69) is 10.6 Å². The van der Waals surface area contributed by atoms with E-state index in [0.717, 1.165) is 12.0 Å². The molecule has 0 aromatic heterocycles. The maximum absolute atomic E-state index is 12.1. The first kappa shape index (κ1) is 16.9. The van der Waals surface area contributed by atoms with Crippen molar-refractivity contribution in [2.45, 2.75) is 19.4 Å². The van der Waals surface area contributed by atoms with Crippen molar-refractivity contribution in [1.82, 2.24) is 5.32 Å². The normalized spacial score (nSPS) is 11.8. The molecule has 0 aliphatic heterocycles. The van der Waals surface area contributed by atoms with E-state index in [1.165, 1.54) is 0 Å². The van der Waals surface area contributed by atoms with Crippen LogP contribution in [0.2, 0.25) is 15.1 Å². The first-order chi connectivity index (χ1) is 10.5. The van der Waals surface area contributed by atoms with Gasteiger partial charge in [0.15, 0.2) is 0 Å². The Hall–Kier alpha value is -1.42. The van der Waals surface area contributed by atoms with Gasteiger partial charge in [-0.1, -0.05) is 53.9 Å². The lowest BCUT2D eigenvalue weighted by molar-refractivity contribution is 0.248. The standard InChI is InChI=1S/C16H15Cl3N2O/c1-2-14(10-3-5-11(17)6-4-10)20-16(22)21-15-8-7-12(18)9-13(15)19/h3-9,14H,2H2,1H3,(H2,20,21,22)/t14-/m1/s1. The molecular formula is C16H15Cl3N2O. The molecular weight excluding hydrogens is 343 g/mol. The minimum atomic E-state index is -0.328. The number of hydrogen-bond donors (Lipinski definition) is 2. The Labute approximate surface area is 144 Å². The quantitative estimate of drug-likeness (QED) is 0.700. The van der Waals surface area contributed by atoms with E-state index in [1.807, 2.05) is 19.1 Å². The molecule has 2 amide bonds. The van der Waals surface area contributed by atoms with Crippen molar-refractivity contribution in [2.75, 3.05) is 5.32 Å². The average molecular weight is 358 g/mol. The lowest BCUT2D eigenvalue weighted by Gasteiger charge is -2.18. The van der Waals surface area contributed by atoms with Gasteiger partial charge in [-0.3, -0.25) is 0 Å². The summed E-state index contributed by atoms with van der Waals surface area (Å²) in [4.78, 5) is 12.1. The van der Waals surface area contributed by atoms with Gasteiger partial charge in [0.05, 0.1) is 16.8 Å². The largest absolute Gasteiger partial charge is 0.331 e. The highest BCUT2D eigenvalue weighted by Gasteiger charge is 2.13. The van der Waals surface area contributed by atoms with E-state index in [-0.39, 0.29) is 12.1 Å². The van der Waals surface area contributed by atoms with E-state index in [4.69, 9.17) is 34.8 Å². The highest BCUT2D eigenvalue weighted by atomic mass is 35.5. The monoisotopic (exact) mass is 356 g/mol. The second-order valence-electron chi connectivity index (χ2n) is 4.74. The van der Waals surface area contributed by atoms with Crippen LogP contribution in [-0.2, 0) is 0 Å². The lowest BCUT2D eigenvalue weighted by atomic mass is 10.1. The van der Waals surface area contributed by atoms with Gasteiger partial charge in [0.25, 0.3) is 0 Å². The molecule has 2 rings (SSSR count). The Bertz CT molecular complexity index is 659. The van der Waals surface area contributed by atoms with Crippen LogP contribution in [0, 0.1) is 0 Å². The molecule has 2 N–H and O–H groups in total.